The molecule has 0 unspecified atom stereocenters. The number of esters is 1. The van der Waals surface area contributed by atoms with Gasteiger partial charge < -0.3 is 4.74 Å². The molecule has 0 aliphatic rings. The van der Waals surface area contributed by atoms with Crippen molar-refractivity contribution >= 4 is 27.7 Å². The van der Waals surface area contributed by atoms with E-state index in [1.807, 2.05) is 0 Å². The lowest BCUT2D eigenvalue weighted by Gasteiger charge is -2.02. The maximum absolute atomic E-state index is 11.6. The van der Waals surface area contributed by atoms with Gasteiger partial charge in [-0.2, -0.15) is 0 Å². The zero-order valence-corrected chi connectivity index (χ0v) is 10.8. The highest BCUT2D eigenvalue weighted by atomic mass is 79.9. The summed E-state index contributed by atoms with van der Waals surface area (Å²) in [7, 11) is 0. The number of halogens is 1. The van der Waals surface area contributed by atoms with Crippen molar-refractivity contribution in [3.63, 3.8) is 0 Å². The Bertz CT molecular complexity index is 316. The number of ether oxygens (including phenoxy) is 1. The van der Waals surface area contributed by atoms with Crippen LogP contribution in [0.4, 0.5) is 0 Å². The fourth-order valence-electron chi connectivity index (χ4n) is 0.919. The molecule has 0 radical (unpaired) electrons. The molecule has 0 saturated carbocycles. The molecule has 3 nitrogen and oxygen atoms in total. The third kappa shape index (κ3) is 6.35. The van der Waals surface area contributed by atoms with Crippen molar-refractivity contribution in [3.05, 3.63) is 36.5 Å². The van der Waals surface area contributed by atoms with Crippen molar-refractivity contribution in [2.45, 2.75) is 13.3 Å². The van der Waals surface area contributed by atoms with Crippen LogP contribution in [0.25, 0.3) is 0 Å². The van der Waals surface area contributed by atoms with Crippen LogP contribution in [0, 0.1) is 0 Å². The van der Waals surface area contributed by atoms with Crippen LogP contribution in [0.1, 0.15) is 13.3 Å². The fraction of sp³-hybridized carbons (Fsp3) is 0.333. The predicted molar refractivity (Wildman–Crippen MR) is 67.5 cm³/mol. The molecule has 0 aromatic carbocycles. The second kappa shape index (κ2) is 9.09. The van der Waals surface area contributed by atoms with Crippen molar-refractivity contribution < 1.29 is 14.3 Å². The van der Waals surface area contributed by atoms with Gasteiger partial charge in [-0.05, 0) is 6.92 Å². The molecule has 16 heavy (non-hydrogen) atoms. The average molecular weight is 287 g/mol. The number of ketones is 1. The van der Waals surface area contributed by atoms with Gasteiger partial charge in [0, 0.05) is 10.9 Å². The Balaban J connectivity index is 4.42. The molecule has 0 aliphatic carbocycles. The standard InChI is InChI=1S/C12H15BrO3/c1-3-5-6-7-10(9-13)11(14)8-12(15)16-4-2/h3,5-7H,1,4,8-9H2,2H3/b6-5-,10-7+. The van der Waals surface area contributed by atoms with Gasteiger partial charge >= 0.3 is 5.97 Å². The molecule has 4 heteroatoms. The number of allylic oxidation sites excluding steroid dienone is 5. The van der Waals surface area contributed by atoms with E-state index in [4.69, 9.17) is 4.74 Å². The molecule has 0 rings (SSSR count). The zero-order valence-electron chi connectivity index (χ0n) is 9.24. The predicted octanol–water partition coefficient (Wildman–Crippen LogP) is 2.57. The Labute approximate surface area is 104 Å². The van der Waals surface area contributed by atoms with Crippen LogP contribution in [-0.4, -0.2) is 23.7 Å². The van der Waals surface area contributed by atoms with Crippen LogP contribution in [0.15, 0.2) is 36.5 Å². The van der Waals surface area contributed by atoms with Crippen LogP contribution >= 0.6 is 15.9 Å². The first-order valence-electron chi connectivity index (χ1n) is 4.88. The van der Waals surface area contributed by atoms with E-state index in [-0.39, 0.29) is 18.8 Å². The third-order valence-corrected chi connectivity index (χ3v) is 2.26. The van der Waals surface area contributed by atoms with Gasteiger partial charge in [0.2, 0.25) is 0 Å². The van der Waals surface area contributed by atoms with Gasteiger partial charge in [0.25, 0.3) is 0 Å². The van der Waals surface area contributed by atoms with E-state index in [0.29, 0.717) is 10.9 Å². The summed E-state index contributed by atoms with van der Waals surface area (Å²) in [5.41, 5.74) is 0.533. The smallest absolute Gasteiger partial charge is 0.313 e. The Morgan fingerprint density at radius 1 is 1.38 bits per heavy atom. The quantitative estimate of drug-likeness (QED) is 0.238. The number of carbonyl (C=O) groups excluding carboxylic acids is 2. The summed E-state index contributed by atoms with van der Waals surface area (Å²) in [6, 6.07) is 0. The molecule has 0 aromatic heterocycles. The fourth-order valence-corrected chi connectivity index (χ4v) is 1.42. The van der Waals surface area contributed by atoms with Gasteiger partial charge in [-0.3, -0.25) is 9.59 Å². The molecule has 0 saturated heterocycles. The average Bonchev–Trinajstić information content (AvgIpc) is 2.24. The van der Waals surface area contributed by atoms with E-state index in [9.17, 15) is 9.59 Å². The van der Waals surface area contributed by atoms with Gasteiger partial charge in [-0.1, -0.05) is 46.8 Å². The van der Waals surface area contributed by atoms with E-state index < -0.39 is 5.97 Å². The second-order valence-corrected chi connectivity index (χ2v) is 3.41. The maximum atomic E-state index is 11.6. The SMILES string of the molecule is C=C/C=C\C=C(/CBr)C(=O)CC(=O)OCC. The number of hydrogen-bond donors (Lipinski definition) is 0. The number of Topliss-reactive ketones (excluding diaryl/α,β-unsaturated/α-hetero) is 1. The number of rotatable bonds is 7. The van der Waals surface area contributed by atoms with Crippen LogP contribution in [0.2, 0.25) is 0 Å². The van der Waals surface area contributed by atoms with Gasteiger partial charge in [-0.15, -0.1) is 0 Å². The molecule has 0 N–H and O–H groups in total. The minimum Gasteiger partial charge on any atom is -0.466 e. The van der Waals surface area contributed by atoms with Gasteiger partial charge in [0.1, 0.15) is 6.42 Å². The van der Waals surface area contributed by atoms with Crippen molar-refractivity contribution in [1.82, 2.24) is 0 Å². The summed E-state index contributed by atoms with van der Waals surface area (Å²) in [5.74, 6) is -0.726. The summed E-state index contributed by atoms with van der Waals surface area (Å²) in [4.78, 5) is 22.7. The van der Waals surface area contributed by atoms with Gasteiger partial charge in [0.15, 0.2) is 5.78 Å². The molecule has 0 aromatic rings. The first kappa shape index (κ1) is 14.8. The van der Waals surface area contributed by atoms with E-state index in [1.54, 1.807) is 31.2 Å². The Morgan fingerprint density at radius 3 is 2.56 bits per heavy atom. The third-order valence-electron chi connectivity index (χ3n) is 1.66. The zero-order chi connectivity index (χ0) is 12.4. The van der Waals surface area contributed by atoms with Crippen molar-refractivity contribution in [3.8, 4) is 0 Å². The van der Waals surface area contributed by atoms with Crippen molar-refractivity contribution in [2.24, 2.45) is 0 Å². The van der Waals surface area contributed by atoms with Crippen LogP contribution in [-0.2, 0) is 14.3 Å². The van der Waals surface area contributed by atoms with E-state index in [2.05, 4.69) is 22.5 Å². The second-order valence-electron chi connectivity index (χ2n) is 2.85. The molecular formula is C12H15BrO3. The van der Waals surface area contributed by atoms with Crippen molar-refractivity contribution in [1.29, 1.82) is 0 Å². The monoisotopic (exact) mass is 286 g/mol. The summed E-state index contributed by atoms with van der Waals surface area (Å²) in [5, 5.41) is 0.409. The van der Waals surface area contributed by atoms with Gasteiger partial charge in [0.05, 0.1) is 6.61 Å². The summed E-state index contributed by atoms with van der Waals surface area (Å²) < 4.78 is 4.70. The van der Waals surface area contributed by atoms with E-state index in [1.165, 1.54) is 0 Å². The summed E-state index contributed by atoms with van der Waals surface area (Å²) in [6.45, 7) is 5.51. The lowest BCUT2D eigenvalue weighted by molar-refractivity contribution is -0.144. The lowest BCUT2D eigenvalue weighted by atomic mass is 10.1. The lowest BCUT2D eigenvalue weighted by Crippen LogP contribution is -2.13. The van der Waals surface area contributed by atoms with E-state index >= 15 is 0 Å². The minimum absolute atomic E-state index is 0.215. The highest BCUT2D eigenvalue weighted by Crippen LogP contribution is 2.06. The van der Waals surface area contributed by atoms with Crippen molar-refractivity contribution in [2.75, 3.05) is 11.9 Å². The summed E-state index contributed by atoms with van der Waals surface area (Å²) >= 11 is 3.20. The Hall–Kier alpha value is -1.16. The van der Waals surface area contributed by atoms with E-state index in [0.717, 1.165) is 0 Å². The highest BCUT2D eigenvalue weighted by molar-refractivity contribution is 9.09. The first-order chi connectivity index (χ1) is 7.65. The molecule has 0 atom stereocenters. The van der Waals surface area contributed by atoms with Crippen LogP contribution in [0.3, 0.4) is 0 Å². The Kier molecular flexibility index (Phi) is 8.43. The molecule has 0 fully saturated rings. The largest absolute Gasteiger partial charge is 0.466 e. The summed E-state index contributed by atoms with van der Waals surface area (Å²) in [6.07, 6.45) is 6.45. The molecule has 0 amide bonds. The molecule has 0 bridgehead atoms. The maximum Gasteiger partial charge on any atom is 0.313 e. The number of carbonyl (C=O) groups is 2. The molecule has 0 spiro atoms. The molecule has 88 valence electrons. The molecular weight excluding hydrogens is 272 g/mol. The highest BCUT2D eigenvalue weighted by Gasteiger charge is 2.13. The molecule has 0 aliphatic heterocycles. The van der Waals surface area contributed by atoms with Crippen LogP contribution < -0.4 is 0 Å². The number of alkyl halides is 1. The van der Waals surface area contributed by atoms with Crippen LogP contribution in [0.5, 0.6) is 0 Å². The molecule has 0 heterocycles. The Morgan fingerprint density at radius 2 is 2.06 bits per heavy atom. The minimum atomic E-state index is -0.493. The van der Waals surface area contributed by atoms with Gasteiger partial charge in [-0.25, -0.2) is 0 Å². The first-order valence-corrected chi connectivity index (χ1v) is 6.00. The normalized spacial score (nSPS) is 11.5. The topological polar surface area (TPSA) is 43.4 Å². The number of hydrogen-bond acceptors (Lipinski definition) is 3.